The highest BCUT2D eigenvalue weighted by atomic mass is 16.5. The molecule has 0 aromatic rings. The van der Waals surface area contributed by atoms with E-state index < -0.39 is 0 Å². The summed E-state index contributed by atoms with van der Waals surface area (Å²) in [7, 11) is 0. The summed E-state index contributed by atoms with van der Waals surface area (Å²) in [5.74, 6) is 0. The standard InChI is InChI=1S/C9H18O/c1-4-8-5-6-9(2,3)7-10-8/h8H,4-7H2,1-3H3. The monoisotopic (exact) mass is 142 g/mol. The van der Waals surface area contributed by atoms with Crippen molar-refractivity contribution in [1.82, 2.24) is 0 Å². The van der Waals surface area contributed by atoms with Crippen LogP contribution in [-0.4, -0.2) is 12.7 Å². The second-order valence-electron chi connectivity index (χ2n) is 4.04. The van der Waals surface area contributed by atoms with Crippen LogP contribution in [0.4, 0.5) is 0 Å². The van der Waals surface area contributed by atoms with Crippen LogP contribution in [0.2, 0.25) is 0 Å². The van der Waals surface area contributed by atoms with E-state index in [-0.39, 0.29) is 0 Å². The van der Waals surface area contributed by atoms with Gasteiger partial charge in [0.05, 0.1) is 12.7 Å². The third-order valence-corrected chi connectivity index (χ3v) is 2.31. The molecule has 1 aliphatic rings. The molecule has 0 radical (unpaired) electrons. The van der Waals surface area contributed by atoms with E-state index in [1.807, 2.05) is 0 Å². The van der Waals surface area contributed by atoms with Gasteiger partial charge in [0.25, 0.3) is 0 Å². The average Bonchev–Trinajstić information content (AvgIpc) is 1.88. The summed E-state index contributed by atoms with van der Waals surface area (Å²) in [5, 5.41) is 0. The first-order chi connectivity index (χ1) is 4.64. The third kappa shape index (κ3) is 1.98. The van der Waals surface area contributed by atoms with Crippen molar-refractivity contribution in [3.05, 3.63) is 0 Å². The highest BCUT2D eigenvalue weighted by Gasteiger charge is 2.26. The first kappa shape index (κ1) is 8.06. The lowest BCUT2D eigenvalue weighted by Gasteiger charge is -2.34. The van der Waals surface area contributed by atoms with Gasteiger partial charge in [-0.1, -0.05) is 20.8 Å². The zero-order chi connectivity index (χ0) is 7.61. The van der Waals surface area contributed by atoms with Crippen LogP contribution < -0.4 is 0 Å². The fourth-order valence-corrected chi connectivity index (χ4v) is 1.37. The van der Waals surface area contributed by atoms with Crippen molar-refractivity contribution < 1.29 is 4.74 Å². The first-order valence-electron chi connectivity index (χ1n) is 4.26. The van der Waals surface area contributed by atoms with Crippen LogP contribution in [0.25, 0.3) is 0 Å². The highest BCUT2D eigenvalue weighted by Crippen LogP contribution is 2.30. The van der Waals surface area contributed by atoms with Gasteiger partial charge in [0, 0.05) is 0 Å². The minimum absolute atomic E-state index is 0.436. The maximum absolute atomic E-state index is 5.64. The van der Waals surface area contributed by atoms with Gasteiger partial charge in [-0.25, -0.2) is 0 Å². The molecule has 1 rings (SSSR count). The topological polar surface area (TPSA) is 9.23 Å². The molecule has 0 aromatic heterocycles. The lowest BCUT2D eigenvalue weighted by molar-refractivity contribution is -0.0490. The Morgan fingerprint density at radius 2 is 2.20 bits per heavy atom. The summed E-state index contributed by atoms with van der Waals surface area (Å²) >= 11 is 0. The summed E-state index contributed by atoms with van der Waals surface area (Å²) < 4.78 is 5.64. The Morgan fingerprint density at radius 3 is 2.60 bits per heavy atom. The predicted molar refractivity (Wildman–Crippen MR) is 43.0 cm³/mol. The van der Waals surface area contributed by atoms with Crippen molar-refractivity contribution >= 4 is 0 Å². The molecule has 0 aromatic carbocycles. The van der Waals surface area contributed by atoms with E-state index in [4.69, 9.17) is 4.74 Å². The molecule has 1 fully saturated rings. The summed E-state index contributed by atoms with van der Waals surface area (Å²) in [6, 6.07) is 0. The Labute approximate surface area is 63.8 Å². The van der Waals surface area contributed by atoms with Crippen LogP contribution in [0.3, 0.4) is 0 Å². The molecule has 0 amide bonds. The van der Waals surface area contributed by atoms with E-state index in [2.05, 4.69) is 20.8 Å². The molecule has 60 valence electrons. The van der Waals surface area contributed by atoms with Crippen LogP contribution in [0.5, 0.6) is 0 Å². The Balaban J connectivity index is 2.31. The predicted octanol–water partition coefficient (Wildman–Crippen LogP) is 2.60. The van der Waals surface area contributed by atoms with Gasteiger partial charge in [0.15, 0.2) is 0 Å². The van der Waals surface area contributed by atoms with E-state index in [1.165, 1.54) is 19.3 Å². The van der Waals surface area contributed by atoms with Gasteiger partial charge in [-0.2, -0.15) is 0 Å². The number of rotatable bonds is 1. The SMILES string of the molecule is CCC1CCC(C)(C)CO1. The van der Waals surface area contributed by atoms with Crippen LogP contribution in [0, 0.1) is 5.41 Å². The lowest BCUT2D eigenvalue weighted by atomic mass is 9.85. The molecule has 1 heteroatoms. The molecular formula is C9H18O. The van der Waals surface area contributed by atoms with E-state index in [0.29, 0.717) is 11.5 Å². The van der Waals surface area contributed by atoms with E-state index in [9.17, 15) is 0 Å². The second-order valence-corrected chi connectivity index (χ2v) is 4.04. The van der Waals surface area contributed by atoms with Gasteiger partial charge in [0.2, 0.25) is 0 Å². The van der Waals surface area contributed by atoms with Gasteiger partial charge in [-0.3, -0.25) is 0 Å². The van der Waals surface area contributed by atoms with Gasteiger partial charge in [-0.15, -0.1) is 0 Å². The molecule has 0 bridgehead atoms. The number of hydrogen-bond acceptors (Lipinski definition) is 1. The molecular weight excluding hydrogens is 124 g/mol. The number of ether oxygens (including phenoxy) is 1. The summed E-state index contributed by atoms with van der Waals surface area (Å²) in [4.78, 5) is 0. The minimum Gasteiger partial charge on any atom is -0.378 e. The zero-order valence-corrected chi connectivity index (χ0v) is 7.31. The largest absolute Gasteiger partial charge is 0.378 e. The van der Waals surface area contributed by atoms with E-state index in [0.717, 1.165) is 6.61 Å². The van der Waals surface area contributed by atoms with Gasteiger partial charge >= 0.3 is 0 Å². The first-order valence-corrected chi connectivity index (χ1v) is 4.26. The molecule has 1 atom stereocenters. The van der Waals surface area contributed by atoms with Crippen molar-refractivity contribution in [2.24, 2.45) is 5.41 Å². The molecule has 0 aliphatic carbocycles. The average molecular weight is 142 g/mol. The zero-order valence-electron chi connectivity index (χ0n) is 7.31. The Kier molecular flexibility index (Phi) is 2.35. The summed E-state index contributed by atoms with van der Waals surface area (Å²) in [6.07, 6.45) is 4.30. The molecule has 0 spiro atoms. The summed E-state index contributed by atoms with van der Waals surface area (Å²) in [6.45, 7) is 7.70. The third-order valence-electron chi connectivity index (χ3n) is 2.31. The smallest absolute Gasteiger partial charge is 0.0573 e. The van der Waals surface area contributed by atoms with E-state index in [1.54, 1.807) is 0 Å². The molecule has 1 saturated heterocycles. The van der Waals surface area contributed by atoms with Gasteiger partial charge < -0.3 is 4.74 Å². The van der Waals surface area contributed by atoms with Crippen LogP contribution >= 0.6 is 0 Å². The van der Waals surface area contributed by atoms with Crippen LogP contribution in [-0.2, 0) is 4.74 Å². The van der Waals surface area contributed by atoms with Gasteiger partial charge in [-0.05, 0) is 24.7 Å². The quantitative estimate of drug-likeness (QED) is 0.547. The molecule has 1 unspecified atom stereocenters. The summed E-state index contributed by atoms with van der Waals surface area (Å²) in [5.41, 5.74) is 0.436. The lowest BCUT2D eigenvalue weighted by Crippen LogP contribution is -2.31. The molecule has 1 heterocycles. The maximum atomic E-state index is 5.64. The van der Waals surface area contributed by atoms with Crippen molar-refractivity contribution in [1.29, 1.82) is 0 Å². The number of hydrogen-bond donors (Lipinski definition) is 0. The second kappa shape index (κ2) is 2.91. The molecule has 1 nitrogen and oxygen atoms in total. The van der Waals surface area contributed by atoms with Crippen LogP contribution in [0.15, 0.2) is 0 Å². The fraction of sp³-hybridized carbons (Fsp3) is 1.00. The van der Waals surface area contributed by atoms with Gasteiger partial charge in [0.1, 0.15) is 0 Å². The van der Waals surface area contributed by atoms with Crippen molar-refractivity contribution in [2.45, 2.75) is 46.1 Å². The molecule has 1 aliphatic heterocycles. The van der Waals surface area contributed by atoms with Crippen molar-refractivity contribution in [3.8, 4) is 0 Å². The van der Waals surface area contributed by atoms with Crippen molar-refractivity contribution in [3.63, 3.8) is 0 Å². The molecule has 10 heavy (non-hydrogen) atoms. The Hall–Kier alpha value is -0.0400. The highest BCUT2D eigenvalue weighted by molar-refractivity contribution is 4.75. The Bertz CT molecular complexity index is 97.3. The van der Waals surface area contributed by atoms with E-state index >= 15 is 0 Å². The Morgan fingerprint density at radius 1 is 1.50 bits per heavy atom. The minimum atomic E-state index is 0.436. The van der Waals surface area contributed by atoms with Crippen LogP contribution in [0.1, 0.15) is 40.0 Å². The molecule has 0 saturated carbocycles. The molecule has 0 N–H and O–H groups in total. The fourth-order valence-electron chi connectivity index (χ4n) is 1.37. The maximum Gasteiger partial charge on any atom is 0.0573 e. The van der Waals surface area contributed by atoms with Crippen molar-refractivity contribution in [2.75, 3.05) is 6.61 Å². The normalized spacial score (nSPS) is 32.1.